The van der Waals surface area contributed by atoms with Gasteiger partial charge in [0.25, 0.3) is 10.0 Å². The number of rotatable bonds is 2. The van der Waals surface area contributed by atoms with Crippen LogP contribution in [0, 0.1) is 3.57 Å². The van der Waals surface area contributed by atoms with E-state index >= 15 is 0 Å². The minimum atomic E-state index is -3.26. The van der Waals surface area contributed by atoms with Gasteiger partial charge in [0.2, 0.25) is 0 Å². The Morgan fingerprint density at radius 3 is 2.50 bits per heavy atom. The summed E-state index contributed by atoms with van der Waals surface area (Å²) in [5.74, 6) is 0. The van der Waals surface area contributed by atoms with Crippen LogP contribution in [0.15, 0.2) is 12.4 Å². The Kier molecular flexibility index (Phi) is 2.77. The maximum atomic E-state index is 11.4. The molecule has 0 fully saturated rings. The highest BCUT2D eigenvalue weighted by molar-refractivity contribution is 14.1. The standard InChI is InChI=1S/C6H9IN2O2S/c1-5(2)12(10,11)9-4-6(7)3-8-9/h3-5H,1-2H3. The van der Waals surface area contributed by atoms with Gasteiger partial charge in [-0.1, -0.05) is 0 Å². The molecule has 0 aliphatic carbocycles. The fourth-order valence-electron chi connectivity index (χ4n) is 0.639. The normalized spacial score (nSPS) is 12.3. The van der Waals surface area contributed by atoms with Crippen molar-refractivity contribution in [1.29, 1.82) is 0 Å². The van der Waals surface area contributed by atoms with E-state index in [0.717, 1.165) is 7.66 Å². The van der Waals surface area contributed by atoms with Gasteiger partial charge in [0.05, 0.1) is 21.2 Å². The summed E-state index contributed by atoms with van der Waals surface area (Å²) in [7, 11) is -3.26. The molecule has 0 aromatic carbocycles. The number of aromatic nitrogens is 2. The van der Waals surface area contributed by atoms with Crippen molar-refractivity contribution in [2.24, 2.45) is 0 Å². The lowest BCUT2D eigenvalue weighted by Crippen LogP contribution is -2.22. The van der Waals surface area contributed by atoms with Crippen molar-refractivity contribution in [1.82, 2.24) is 9.19 Å². The summed E-state index contributed by atoms with van der Waals surface area (Å²) in [6, 6.07) is 0. The maximum absolute atomic E-state index is 11.4. The molecule has 0 atom stereocenters. The summed E-state index contributed by atoms with van der Waals surface area (Å²) in [5, 5.41) is 3.29. The van der Waals surface area contributed by atoms with Gasteiger partial charge in [-0.3, -0.25) is 0 Å². The van der Waals surface area contributed by atoms with E-state index in [1.807, 2.05) is 22.6 Å². The van der Waals surface area contributed by atoms with E-state index in [1.165, 1.54) is 12.4 Å². The SMILES string of the molecule is CC(C)S(=O)(=O)n1cc(I)cn1. The van der Waals surface area contributed by atoms with Crippen LogP contribution in [0.1, 0.15) is 13.8 Å². The molecule has 0 saturated heterocycles. The number of hydrogen-bond donors (Lipinski definition) is 0. The van der Waals surface area contributed by atoms with Crippen molar-refractivity contribution < 1.29 is 8.42 Å². The predicted octanol–water partition coefficient (Wildman–Crippen LogP) is 1.07. The zero-order chi connectivity index (χ0) is 9.35. The second-order valence-electron chi connectivity index (χ2n) is 2.62. The summed E-state index contributed by atoms with van der Waals surface area (Å²) < 4.78 is 24.7. The lowest BCUT2D eigenvalue weighted by Gasteiger charge is -2.05. The van der Waals surface area contributed by atoms with E-state index < -0.39 is 15.3 Å². The molecule has 12 heavy (non-hydrogen) atoms. The molecule has 0 spiro atoms. The van der Waals surface area contributed by atoms with Gasteiger partial charge >= 0.3 is 0 Å². The van der Waals surface area contributed by atoms with Gasteiger partial charge in [-0.05, 0) is 36.4 Å². The summed E-state index contributed by atoms with van der Waals surface area (Å²) in [6.07, 6.45) is 3.01. The first-order chi connectivity index (χ1) is 5.44. The summed E-state index contributed by atoms with van der Waals surface area (Å²) in [6.45, 7) is 3.26. The first-order valence-corrected chi connectivity index (χ1v) is 5.97. The van der Waals surface area contributed by atoms with E-state index in [9.17, 15) is 8.42 Å². The number of nitrogens with zero attached hydrogens (tertiary/aromatic N) is 2. The molecule has 1 rings (SSSR count). The second kappa shape index (κ2) is 3.33. The zero-order valence-electron chi connectivity index (χ0n) is 6.73. The van der Waals surface area contributed by atoms with E-state index in [4.69, 9.17) is 0 Å². The van der Waals surface area contributed by atoms with Crippen LogP contribution in [-0.2, 0) is 10.0 Å². The molecule has 4 nitrogen and oxygen atoms in total. The third-order valence-electron chi connectivity index (χ3n) is 1.39. The van der Waals surface area contributed by atoms with Crippen molar-refractivity contribution in [3.05, 3.63) is 16.0 Å². The van der Waals surface area contributed by atoms with Crippen molar-refractivity contribution in [3.8, 4) is 0 Å². The molecule has 0 aliphatic heterocycles. The second-order valence-corrected chi connectivity index (χ2v) is 6.22. The van der Waals surface area contributed by atoms with Crippen LogP contribution < -0.4 is 0 Å². The minimum absolute atomic E-state index is 0.437. The molecule has 0 saturated carbocycles. The van der Waals surface area contributed by atoms with Gasteiger partial charge < -0.3 is 0 Å². The quantitative estimate of drug-likeness (QED) is 0.768. The summed E-state index contributed by atoms with van der Waals surface area (Å²) in [5.41, 5.74) is 0. The third kappa shape index (κ3) is 1.79. The Bertz CT molecular complexity index is 369. The zero-order valence-corrected chi connectivity index (χ0v) is 9.70. The molecule has 6 heteroatoms. The molecule has 1 aromatic rings. The number of hydrogen-bond acceptors (Lipinski definition) is 3. The monoisotopic (exact) mass is 300 g/mol. The molecule has 0 N–H and O–H groups in total. The van der Waals surface area contributed by atoms with Gasteiger partial charge in [-0.25, -0.2) is 8.42 Å². The Labute approximate surface area is 85.2 Å². The van der Waals surface area contributed by atoms with E-state index in [1.54, 1.807) is 13.8 Å². The fourth-order valence-corrected chi connectivity index (χ4v) is 2.09. The highest BCUT2D eigenvalue weighted by Gasteiger charge is 2.18. The van der Waals surface area contributed by atoms with E-state index in [2.05, 4.69) is 5.10 Å². The van der Waals surface area contributed by atoms with Gasteiger partial charge in [0.15, 0.2) is 0 Å². The first kappa shape index (κ1) is 9.97. The van der Waals surface area contributed by atoms with Crippen LogP contribution in [0.3, 0.4) is 0 Å². The van der Waals surface area contributed by atoms with Crippen molar-refractivity contribution >= 4 is 32.6 Å². The molecule has 1 heterocycles. The molecule has 0 radical (unpaired) electrons. The Morgan fingerprint density at radius 2 is 2.17 bits per heavy atom. The predicted molar refractivity (Wildman–Crippen MR) is 54.4 cm³/mol. The smallest absolute Gasteiger partial charge is 0.204 e. The van der Waals surface area contributed by atoms with Gasteiger partial charge in [0, 0.05) is 0 Å². The Balaban J connectivity index is 3.15. The Morgan fingerprint density at radius 1 is 1.58 bits per heavy atom. The van der Waals surface area contributed by atoms with Crippen molar-refractivity contribution in [2.45, 2.75) is 19.1 Å². The fraction of sp³-hybridized carbons (Fsp3) is 0.500. The molecule has 68 valence electrons. The highest BCUT2D eigenvalue weighted by atomic mass is 127. The summed E-state index contributed by atoms with van der Waals surface area (Å²) >= 11 is 2.02. The molecule has 0 bridgehead atoms. The first-order valence-electron chi connectivity index (χ1n) is 3.39. The molecule has 0 amide bonds. The van der Waals surface area contributed by atoms with Crippen LogP contribution in [0.25, 0.3) is 0 Å². The van der Waals surface area contributed by atoms with Gasteiger partial charge in [-0.15, -0.1) is 0 Å². The van der Waals surface area contributed by atoms with Crippen molar-refractivity contribution in [2.75, 3.05) is 0 Å². The van der Waals surface area contributed by atoms with Crippen LogP contribution in [-0.4, -0.2) is 22.9 Å². The maximum Gasteiger partial charge on any atom is 0.256 e. The van der Waals surface area contributed by atoms with Crippen LogP contribution in [0.2, 0.25) is 0 Å². The molecule has 0 aliphatic rings. The molecular formula is C6H9IN2O2S. The number of halogens is 1. The van der Waals surface area contributed by atoms with Crippen molar-refractivity contribution in [3.63, 3.8) is 0 Å². The molecule has 0 unspecified atom stereocenters. The lowest BCUT2D eigenvalue weighted by atomic mass is 10.6. The van der Waals surface area contributed by atoms with Crippen LogP contribution in [0.4, 0.5) is 0 Å². The lowest BCUT2D eigenvalue weighted by molar-refractivity contribution is 0.571. The average molecular weight is 300 g/mol. The largest absolute Gasteiger partial charge is 0.256 e. The average Bonchev–Trinajstić information content (AvgIpc) is 2.35. The van der Waals surface area contributed by atoms with Crippen LogP contribution >= 0.6 is 22.6 Å². The third-order valence-corrected chi connectivity index (χ3v) is 3.85. The highest BCUT2D eigenvalue weighted by Crippen LogP contribution is 2.07. The summed E-state index contributed by atoms with van der Waals surface area (Å²) in [4.78, 5) is 0. The van der Waals surface area contributed by atoms with E-state index in [-0.39, 0.29) is 0 Å². The van der Waals surface area contributed by atoms with Crippen LogP contribution in [0.5, 0.6) is 0 Å². The molecular weight excluding hydrogens is 291 g/mol. The van der Waals surface area contributed by atoms with Gasteiger partial charge in [0.1, 0.15) is 0 Å². The van der Waals surface area contributed by atoms with E-state index in [0.29, 0.717) is 0 Å². The Hall–Kier alpha value is -0.110. The topological polar surface area (TPSA) is 52.0 Å². The molecule has 1 aromatic heterocycles. The minimum Gasteiger partial charge on any atom is -0.204 e. The van der Waals surface area contributed by atoms with Gasteiger partial charge in [-0.2, -0.15) is 9.19 Å².